The van der Waals surface area contributed by atoms with Gasteiger partial charge in [-0.15, -0.1) is 0 Å². The van der Waals surface area contributed by atoms with E-state index in [1.165, 1.54) is 0 Å². The largest absolute Gasteiger partial charge is 0.384 e. The Hall–Kier alpha value is -2.41. The number of likely N-dealkylation sites (tertiary alicyclic amines) is 1. The molecule has 26 heavy (non-hydrogen) atoms. The molecule has 0 bridgehead atoms. The van der Waals surface area contributed by atoms with E-state index < -0.39 is 12.1 Å². The Morgan fingerprint density at radius 1 is 1.35 bits per heavy atom. The molecule has 1 heterocycles. The number of hydrogen-bond acceptors (Lipinski definition) is 4. The molecule has 1 saturated heterocycles. The first kappa shape index (κ1) is 19.9. The maximum Gasteiger partial charge on any atom is 0.243 e. The summed E-state index contributed by atoms with van der Waals surface area (Å²) in [5.74, 6) is -0.185. The second kappa shape index (κ2) is 8.80. The van der Waals surface area contributed by atoms with E-state index in [4.69, 9.17) is 16.9 Å². The number of nitrogens with two attached hydrogens (primary N) is 2. The Bertz CT molecular complexity index is 658. The third-order valence-corrected chi connectivity index (χ3v) is 5.11. The van der Waals surface area contributed by atoms with Crippen LogP contribution in [0.2, 0.25) is 0 Å². The standard InChI is InChI=1S/C19H29N5O2/c1-3-12(2)16(20)19(26)24-10-4-5-15(24)18(25)23-11-13-6-8-14(9-7-13)17(21)22/h6-9,12,15-16H,3-5,10-11,20H2,1-2H3,(H3,21,22)(H,23,25)/t12?,15-,16?/m0/s1. The summed E-state index contributed by atoms with van der Waals surface area (Å²) in [5, 5.41) is 10.3. The fourth-order valence-corrected chi connectivity index (χ4v) is 3.10. The number of nitrogens with zero attached hydrogens (tertiary/aromatic N) is 1. The zero-order valence-corrected chi connectivity index (χ0v) is 15.5. The van der Waals surface area contributed by atoms with Crippen LogP contribution in [0.15, 0.2) is 24.3 Å². The minimum Gasteiger partial charge on any atom is -0.384 e. The number of nitrogen functional groups attached to an aromatic ring is 1. The molecular formula is C19H29N5O2. The number of amides is 2. The van der Waals surface area contributed by atoms with E-state index in [9.17, 15) is 9.59 Å². The highest BCUT2D eigenvalue weighted by Gasteiger charge is 2.37. The van der Waals surface area contributed by atoms with E-state index >= 15 is 0 Å². The highest BCUT2D eigenvalue weighted by Crippen LogP contribution is 2.20. The van der Waals surface area contributed by atoms with Crippen molar-refractivity contribution in [1.29, 1.82) is 5.41 Å². The van der Waals surface area contributed by atoms with Gasteiger partial charge in [0.05, 0.1) is 6.04 Å². The molecule has 2 unspecified atom stereocenters. The van der Waals surface area contributed by atoms with Gasteiger partial charge in [0.15, 0.2) is 0 Å². The average molecular weight is 359 g/mol. The molecule has 7 nitrogen and oxygen atoms in total. The van der Waals surface area contributed by atoms with Crippen molar-refractivity contribution >= 4 is 17.6 Å². The molecular weight excluding hydrogens is 330 g/mol. The predicted octanol–water partition coefficient (Wildman–Crippen LogP) is 0.951. The first-order chi connectivity index (χ1) is 12.3. The Morgan fingerprint density at radius 2 is 2.00 bits per heavy atom. The van der Waals surface area contributed by atoms with Crippen LogP contribution in [-0.2, 0) is 16.1 Å². The average Bonchev–Trinajstić information content (AvgIpc) is 3.14. The lowest BCUT2D eigenvalue weighted by Gasteiger charge is -2.28. The van der Waals surface area contributed by atoms with Gasteiger partial charge in [0.25, 0.3) is 0 Å². The lowest BCUT2D eigenvalue weighted by molar-refractivity contribution is -0.140. The first-order valence-electron chi connectivity index (χ1n) is 9.12. The molecule has 3 atom stereocenters. The van der Waals surface area contributed by atoms with Crippen molar-refractivity contribution in [2.24, 2.45) is 17.4 Å². The van der Waals surface area contributed by atoms with Crippen LogP contribution < -0.4 is 16.8 Å². The third-order valence-electron chi connectivity index (χ3n) is 5.11. The number of nitrogens with one attached hydrogen (secondary N) is 2. The summed E-state index contributed by atoms with van der Waals surface area (Å²) in [4.78, 5) is 26.8. The summed E-state index contributed by atoms with van der Waals surface area (Å²) < 4.78 is 0. The van der Waals surface area contributed by atoms with Crippen LogP contribution in [-0.4, -0.2) is 41.2 Å². The van der Waals surface area contributed by atoms with E-state index in [1.54, 1.807) is 17.0 Å². The van der Waals surface area contributed by atoms with Gasteiger partial charge < -0.3 is 21.7 Å². The third kappa shape index (κ3) is 4.60. The molecule has 0 saturated carbocycles. The van der Waals surface area contributed by atoms with Crippen molar-refractivity contribution < 1.29 is 9.59 Å². The lowest BCUT2D eigenvalue weighted by atomic mass is 9.98. The van der Waals surface area contributed by atoms with Crippen LogP contribution in [0, 0.1) is 11.3 Å². The molecule has 1 fully saturated rings. The molecule has 1 aliphatic rings. The van der Waals surface area contributed by atoms with Gasteiger partial charge in [-0.05, 0) is 24.3 Å². The van der Waals surface area contributed by atoms with Gasteiger partial charge in [-0.3, -0.25) is 15.0 Å². The van der Waals surface area contributed by atoms with E-state index in [-0.39, 0.29) is 23.6 Å². The predicted molar refractivity (Wildman–Crippen MR) is 101 cm³/mol. The summed E-state index contributed by atoms with van der Waals surface area (Å²) in [6.45, 7) is 4.91. The summed E-state index contributed by atoms with van der Waals surface area (Å²) in [7, 11) is 0. The van der Waals surface area contributed by atoms with E-state index in [2.05, 4.69) is 5.32 Å². The van der Waals surface area contributed by atoms with Crippen molar-refractivity contribution in [3.63, 3.8) is 0 Å². The zero-order chi connectivity index (χ0) is 19.3. The summed E-state index contributed by atoms with van der Waals surface area (Å²) in [6.07, 6.45) is 2.30. The smallest absolute Gasteiger partial charge is 0.243 e. The lowest BCUT2D eigenvalue weighted by Crippen LogP contribution is -2.52. The van der Waals surface area contributed by atoms with E-state index in [0.717, 1.165) is 18.4 Å². The summed E-state index contributed by atoms with van der Waals surface area (Å²) >= 11 is 0. The highest BCUT2D eigenvalue weighted by molar-refractivity contribution is 5.95. The van der Waals surface area contributed by atoms with Gasteiger partial charge in [-0.1, -0.05) is 44.5 Å². The molecule has 0 aromatic heterocycles. The maximum absolute atomic E-state index is 12.6. The molecule has 142 valence electrons. The van der Waals surface area contributed by atoms with Gasteiger partial charge in [-0.2, -0.15) is 0 Å². The van der Waals surface area contributed by atoms with Crippen molar-refractivity contribution in [1.82, 2.24) is 10.2 Å². The number of benzene rings is 1. The molecule has 6 N–H and O–H groups in total. The van der Waals surface area contributed by atoms with Crippen molar-refractivity contribution in [2.45, 2.75) is 51.7 Å². The van der Waals surface area contributed by atoms with Gasteiger partial charge in [-0.25, -0.2) is 0 Å². The van der Waals surface area contributed by atoms with Crippen LogP contribution in [0.25, 0.3) is 0 Å². The van der Waals surface area contributed by atoms with Crippen LogP contribution in [0.4, 0.5) is 0 Å². The Kier molecular flexibility index (Phi) is 6.74. The van der Waals surface area contributed by atoms with Gasteiger partial charge in [0, 0.05) is 18.7 Å². The number of carbonyl (C=O) groups excluding carboxylic acids is 2. The molecule has 1 aromatic carbocycles. The second-order valence-electron chi connectivity index (χ2n) is 6.93. The number of hydrogen-bond donors (Lipinski definition) is 4. The van der Waals surface area contributed by atoms with Gasteiger partial charge in [0.2, 0.25) is 11.8 Å². The Balaban J connectivity index is 1.95. The van der Waals surface area contributed by atoms with Crippen molar-refractivity contribution in [3.05, 3.63) is 35.4 Å². The number of rotatable bonds is 7. The molecule has 0 spiro atoms. The SMILES string of the molecule is CCC(C)C(N)C(=O)N1CCC[C@H]1C(=O)NCc1ccc(C(=N)N)cc1. The zero-order valence-electron chi connectivity index (χ0n) is 15.5. The van der Waals surface area contributed by atoms with Crippen LogP contribution >= 0.6 is 0 Å². The first-order valence-corrected chi connectivity index (χ1v) is 9.12. The quantitative estimate of drug-likeness (QED) is 0.427. The van der Waals surface area contributed by atoms with Crippen molar-refractivity contribution in [2.75, 3.05) is 6.54 Å². The van der Waals surface area contributed by atoms with Crippen LogP contribution in [0.5, 0.6) is 0 Å². The fraction of sp³-hybridized carbons (Fsp3) is 0.526. The molecule has 2 amide bonds. The summed E-state index contributed by atoms with van der Waals surface area (Å²) in [5.41, 5.74) is 13.1. The Labute approximate surface area is 154 Å². The molecule has 1 aromatic rings. The molecule has 7 heteroatoms. The second-order valence-corrected chi connectivity index (χ2v) is 6.93. The molecule has 1 aliphatic heterocycles. The molecule has 0 aliphatic carbocycles. The fourth-order valence-electron chi connectivity index (χ4n) is 3.10. The van der Waals surface area contributed by atoms with Crippen molar-refractivity contribution in [3.8, 4) is 0 Å². The van der Waals surface area contributed by atoms with E-state index in [1.807, 2.05) is 26.0 Å². The highest BCUT2D eigenvalue weighted by atomic mass is 16.2. The monoisotopic (exact) mass is 359 g/mol. The molecule has 0 radical (unpaired) electrons. The minimum absolute atomic E-state index is 0.0124. The normalized spacial score (nSPS) is 19.0. The van der Waals surface area contributed by atoms with Gasteiger partial charge >= 0.3 is 0 Å². The van der Waals surface area contributed by atoms with E-state index in [0.29, 0.717) is 25.1 Å². The summed E-state index contributed by atoms with van der Waals surface area (Å²) in [6, 6.07) is 6.14. The van der Waals surface area contributed by atoms with Crippen LogP contribution in [0.1, 0.15) is 44.2 Å². The topological polar surface area (TPSA) is 125 Å². The number of carbonyl (C=O) groups is 2. The Morgan fingerprint density at radius 3 is 2.58 bits per heavy atom. The maximum atomic E-state index is 12.6. The minimum atomic E-state index is -0.562. The number of amidine groups is 1. The van der Waals surface area contributed by atoms with Crippen LogP contribution in [0.3, 0.4) is 0 Å². The van der Waals surface area contributed by atoms with Gasteiger partial charge in [0.1, 0.15) is 11.9 Å². The molecule has 2 rings (SSSR count).